The van der Waals surface area contributed by atoms with Crippen LogP contribution in [0.15, 0.2) is 12.5 Å². The third kappa shape index (κ3) is 3.32. The number of rotatable bonds is 7. The van der Waals surface area contributed by atoms with Crippen molar-refractivity contribution in [2.45, 2.75) is 52.3 Å². The summed E-state index contributed by atoms with van der Waals surface area (Å²) < 4.78 is 7.76. The largest absolute Gasteiger partial charge is 0.373 e. The van der Waals surface area contributed by atoms with Crippen LogP contribution in [-0.4, -0.2) is 21.7 Å². The van der Waals surface area contributed by atoms with Gasteiger partial charge in [0.05, 0.1) is 31.4 Å². The van der Waals surface area contributed by atoms with Crippen molar-refractivity contribution >= 4 is 0 Å². The smallest absolute Gasteiger partial charge is 0.0948 e. The minimum atomic E-state index is -0.183. The van der Waals surface area contributed by atoms with Gasteiger partial charge in [-0.2, -0.15) is 0 Å². The zero-order chi connectivity index (χ0) is 12.0. The molecule has 0 atom stereocenters. The predicted octanol–water partition coefficient (Wildman–Crippen LogP) is 1.94. The Balaban J connectivity index is 2.41. The molecule has 0 radical (unpaired) electrons. The highest BCUT2D eigenvalue weighted by molar-refractivity contribution is 4.96. The van der Waals surface area contributed by atoms with E-state index in [0.717, 1.165) is 25.1 Å². The molecule has 0 saturated carbocycles. The van der Waals surface area contributed by atoms with E-state index in [-0.39, 0.29) is 5.54 Å². The van der Waals surface area contributed by atoms with E-state index in [1.807, 2.05) is 12.5 Å². The van der Waals surface area contributed by atoms with Gasteiger partial charge in [-0.05, 0) is 19.8 Å². The molecule has 0 saturated heterocycles. The first-order valence-electron chi connectivity index (χ1n) is 6.00. The number of nitrogens with zero attached hydrogens (tertiary/aromatic N) is 2. The maximum absolute atomic E-state index is 6.16. The molecule has 0 aliphatic rings. The molecule has 4 nitrogen and oxygen atoms in total. The minimum Gasteiger partial charge on any atom is -0.373 e. The molecule has 0 aliphatic heterocycles. The molecular formula is C12H23N3O. The number of imidazole rings is 1. The number of nitrogens with two attached hydrogens (primary N) is 1. The minimum absolute atomic E-state index is 0.183. The van der Waals surface area contributed by atoms with Crippen molar-refractivity contribution in [1.29, 1.82) is 0 Å². The number of hydrogen-bond donors (Lipinski definition) is 1. The molecule has 0 unspecified atom stereocenters. The van der Waals surface area contributed by atoms with Crippen LogP contribution in [0.1, 0.15) is 39.3 Å². The lowest BCUT2D eigenvalue weighted by atomic mass is 9.96. The first-order chi connectivity index (χ1) is 7.65. The van der Waals surface area contributed by atoms with Crippen LogP contribution in [0.4, 0.5) is 0 Å². The number of ether oxygens (including phenoxy) is 1. The van der Waals surface area contributed by atoms with Crippen LogP contribution in [0.3, 0.4) is 0 Å². The van der Waals surface area contributed by atoms with E-state index >= 15 is 0 Å². The Bertz CT molecular complexity index is 305. The summed E-state index contributed by atoms with van der Waals surface area (Å²) in [7, 11) is 0. The fourth-order valence-corrected chi connectivity index (χ4v) is 1.57. The van der Waals surface area contributed by atoms with Gasteiger partial charge in [0.15, 0.2) is 0 Å². The molecule has 1 rings (SSSR count). The Kier molecular flexibility index (Phi) is 4.96. The summed E-state index contributed by atoms with van der Waals surface area (Å²) in [6.45, 7) is 8.42. The zero-order valence-corrected chi connectivity index (χ0v) is 10.6. The molecule has 1 aromatic rings. The molecule has 2 N–H and O–H groups in total. The van der Waals surface area contributed by atoms with Gasteiger partial charge in [-0.3, -0.25) is 0 Å². The van der Waals surface area contributed by atoms with Crippen molar-refractivity contribution in [3.8, 4) is 0 Å². The van der Waals surface area contributed by atoms with Gasteiger partial charge in [0.1, 0.15) is 0 Å². The second kappa shape index (κ2) is 6.01. The summed E-state index contributed by atoms with van der Waals surface area (Å²) in [4.78, 5) is 4.10. The molecule has 0 fully saturated rings. The Morgan fingerprint density at radius 3 is 2.62 bits per heavy atom. The van der Waals surface area contributed by atoms with E-state index in [1.54, 1.807) is 0 Å². The van der Waals surface area contributed by atoms with Gasteiger partial charge in [0.2, 0.25) is 0 Å². The summed E-state index contributed by atoms with van der Waals surface area (Å²) >= 11 is 0. The Hall–Kier alpha value is -0.870. The third-order valence-corrected chi connectivity index (χ3v) is 3.19. The highest BCUT2D eigenvalue weighted by atomic mass is 16.5. The summed E-state index contributed by atoms with van der Waals surface area (Å²) in [5.41, 5.74) is 7.08. The van der Waals surface area contributed by atoms with Gasteiger partial charge < -0.3 is 15.0 Å². The van der Waals surface area contributed by atoms with Gasteiger partial charge in [0, 0.05) is 12.1 Å². The lowest BCUT2D eigenvalue weighted by Crippen LogP contribution is -2.43. The average Bonchev–Trinajstić information content (AvgIpc) is 2.76. The molecule has 0 aromatic carbocycles. The van der Waals surface area contributed by atoms with E-state index in [2.05, 4.69) is 30.3 Å². The Morgan fingerprint density at radius 2 is 2.06 bits per heavy atom. The topological polar surface area (TPSA) is 53.1 Å². The van der Waals surface area contributed by atoms with Gasteiger partial charge in [0.25, 0.3) is 0 Å². The van der Waals surface area contributed by atoms with E-state index in [1.165, 1.54) is 0 Å². The molecule has 0 spiro atoms. The second-order valence-corrected chi connectivity index (χ2v) is 4.23. The zero-order valence-electron chi connectivity index (χ0n) is 10.6. The Morgan fingerprint density at radius 1 is 1.38 bits per heavy atom. The van der Waals surface area contributed by atoms with Crippen LogP contribution in [0, 0.1) is 0 Å². The van der Waals surface area contributed by atoms with Gasteiger partial charge >= 0.3 is 0 Å². The van der Waals surface area contributed by atoms with Gasteiger partial charge in [-0.1, -0.05) is 13.8 Å². The molecular weight excluding hydrogens is 202 g/mol. The lowest BCUT2D eigenvalue weighted by molar-refractivity contribution is 0.0662. The van der Waals surface area contributed by atoms with Crippen molar-refractivity contribution in [2.24, 2.45) is 5.73 Å². The van der Waals surface area contributed by atoms with Crippen molar-refractivity contribution in [3.05, 3.63) is 18.2 Å². The molecule has 1 heterocycles. The van der Waals surface area contributed by atoms with Crippen LogP contribution in [0.2, 0.25) is 0 Å². The molecule has 1 aromatic heterocycles. The monoisotopic (exact) mass is 225 g/mol. The summed E-state index contributed by atoms with van der Waals surface area (Å²) in [6.07, 6.45) is 5.56. The molecule has 92 valence electrons. The van der Waals surface area contributed by atoms with Crippen LogP contribution in [0.25, 0.3) is 0 Å². The van der Waals surface area contributed by atoms with Crippen molar-refractivity contribution < 1.29 is 4.74 Å². The third-order valence-electron chi connectivity index (χ3n) is 3.19. The normalized spacial score (nSPS) is 12.0. The maximum atomic E-state index is 6.16. The van der Waals surface area contributed by atoms with Gasteiger partial charge in [-0.15, -0.1) is 0 Å². The maximum Gasteiger partial charge on any atom is 0.0948 e. The van der Waals surface area contributed by atoms with Crippen LogP contribution in [0.5, 0.6) is 0 Å². The number of aromatic nitrogens is 2. The molecule has 0 bridgehead atoms. The summed E-state index contributed by atoms with van der Waals surface area (Å²) in [6, 6.07) is 0. The SMILES string of the molecule is CCn1cncc1COCC(N)(CC)CC. The standard InChI is InChI=1S/C12H23N3O/c1-4-12(13,5-2)9-16-8-11-7-14-10-15(11)6-3/h7,10H,4-6,8-9,13H2,1-3H3. The highest BCUT2D eigenvalue weighted by Crippen LogP contribution is 2.12. The van der Waals surface area contributed by atoms with E-state index in [9.17, 15) is 0 Å². The van der Waals surface area contributed by atoms with Crippen LogP contribution >= 0.6 is 0 Å². The van der Waals surface area contributed by atoms with E-state index in [0.29, 0.717) is 13.2 Å². The molecule has 0 aliphatic carbocycles. The average molecular weight is 225 g/mol. The second-order valence-electron chi connectivity index (χ2n) is 4.23. The quantitative estimate of drug-likeness (QED) is 0.771. The summed E-state index contributed by atoms with van der Waals surface area (Å²) in [5, 5.41) is 0. The predicted molar refractivity (Wildman–Crippen MR) is 65.1 cm³/mol. The highest BCUT2D eigenvalue weighted by Gasteiger charge is 2.20. The first-order valence-corrected chi connectivity index (χ1v) is 6.00. The first kappa shape index (κ1) is 13.2. The van der Waals surface area contributed by atoms with Crippen LogP contribution < -0.4 is 5.73 Å². The molecule has 4 heteroatoms. The van der Waals surface area contributed by atoms with E-state index in [4.69, 9.17) is 10.5 Å². The number of aryl methyl sites for hydroxylation is 1. The van der Waals surface area contributed by atoms with Crippen molar-refractivity contribution in [1.82, 2.24) is 9.55 Å². The van der Waals surface area contributed by atoms with Crippen LogP contribution in [-0.2, 0) is 17.9 Å². The van der Waals surface area contributed by atoms with Crippen molar-refractivity contribution in [3.63, 3.8) is 0 Å². The lowest BCUT2D eigenvalue weighted by Gasteiger charge is -2.26. The fourth-order valence-electron chi connectivity index (χ4n) is 1.57. The summed E-state index contributed by atoms with van der Waals surface area (Å²) in [5.74, 6) is 0. The van der Waals surface area contributed by atoms with Gasteiger partial charge in [-0.25, -0.2) is 4.98 Å². The Labute approximate surface area is 97.8 Å². The molecule has 0 amide bonds. The van der Waals surface area contributed by atoms with Crippen molar-refractivity contribution in [2.75, 3.05) is 6.61 Å². The fraction of sp³-hybridized carbons (Fsp3) is 0.750. The molecule has 16 heavy (non-hydrogen) atoms. The number of hydrogen-bond acceptors (Lipinski definition) is 3. The van der Waals surface area contributed by atoms with E-state index < -0.39 is 0 Å².